The van der Waals surface area contributed by atoms with Crippen molar-refractivity contribution in [2.45, 2.75) is 58.7 Å². The molecule has 0 bridgehead atoms. The number of hydrogen-bond donors (Lipinski definition) is 1. The first-order valence-corrected chi connectivity index (χ1v) is 18.7. The van der Waals surface area contributed by atoms with E-state index < -0.39 is 12.2 Å². The van der Waals surface area contributed by atoms with Gasteiger partial charge in [-0.3, -0.25) is 9.59 Å². The van der Waals surface area contributed by atoms with Crippen molar-refractivity contribution in [1.82, 2.24) is 15.1 Å². The Morgan fingerprint density at radius 3 is 2.47 bits per heavy atom. The van der Waals surface area contributed by atoms with Gasteiger partial charge in [-0.2, -0.15) is 0 Å². The Balaban J connectivity index is 1.35. The fourth-order valence-corrected chi connectivity index (χ4v) is 7.14. The first-order chi connectivity index (χ1) is 24.4. The number of fused-ring (bicyclic) bond motifs is 1. The number of ether oxygens (including phenoxy) is 3. The number of hydrogen-bond acceptors (Lipinski definition) is 7. The maximum absolute atomic E-state index is 14.4. The molecule has 2 aliphatic heterocycles. The minimum atomic E-state index is -1.02. The van der Waals surface area contributed by atoms with E-state index in [9.17, 15) is 9.59 Å². The van der Waals surface area contributed by atoms with Crippen LogP contribution in [0.5, 0.6) is 11.5 Å². The minimum absolute atomic E-state index is 0.0674. The van der Waals surface area contributed by atoms with E-state index in [0.29, 0.717) is 54.0 Å². The highest BCUT2D eigenvalue weighted by Gasteiger charge is 2.40. The maximum Gasteiger partial charge on any atom is 0.256 e. The number of rotatable bonds is 14. The summed E-state index contributed by atoms with van der Waals surface area (Å²) in [7, 11) is 3.73. The average molecular weight is 740 g/mol. The zero-order chi connectivity index (χ0) is 36.5. The Bertz CT molecular complexity index is 1640. The molecule has 2 amide bonds. The van der Waals surface area contributed by atoms with Crippen molar-refractivity contribution >= 4 is 40.7 Å². The minimum Gasteiger partial charge on any atom is -0.492 e. The second-order valence-electron chi connectivity index (χ2n) is 14.6. The standard InChI is InChI=1S/C40H52Cl2N4O5/c1-40(2,3)27-46-33-17-16-29(41)25-31(33)37(51-35(39(46)48)26-36(47)45-22-18-43-19-23-45)30-13-8-15-34(38(30)49-5)50-24-10-21-44(4)20-9-12-28-11-6-7-14-32(28)42/h6-8,11,13-17,25,35,37,43H,9-10,12,18-24,26-27H2,1-5H3. The molecule has 1 N–H and O–H groups in total. The lowest BCUT2D eigenvalue weighted by Gasteiger charge is -2.32. The molecule has 2 unspecified atom stereocenters. The zero-order valence-electron chi connectivity index (χ0n) is 30.6. The van der Waals surface area contributed by atoms with Crippen LogP contribution in [0.4, 0.5) is 5.69 Å². The van der Waals surface area contributed by atoms with Crippen LogP contribution in [0.1, 0.15) is 62.8 Å². The SMILES string of the molecule is COc1c(OCCCN(C)CCCc2ccccc2Cl)cccc1C1OC(CC(=O)N2CCNCC2)C(=O)N(CC(C)(C)C)c2ccc(Cl)cc21. The molecule has 0 saturated carbocycles. The molecule has 2 aliphatic rings. The van der Waals surface area contributed by atoms with Crippen molar-refractivity contribution in [2.75, 3.05) is 71.5 Å². The van der Waals surface area contributed by atoms with E-state index in [0.717, 1.165) is 56.0 Å². The Labute approximate surface area is 313 Å². The molecule has 2 atom stereocenters. The summed E-state index contributed by atoms with van der Waals surface area (Å²) in [6, 6.07) is 19.2. The fraction of sp³-hybridized carbons (Fsp3) is 0.500. The van der Waals surface area contributed by atoms with Gasteiger partial charge in [0.2, 0.25) is 5.91 Å². The van der Waals surface area contributed by atoms with E-state index in [2.05, 4.69) is 44.1 Å². The lowest BCUT2D eigenvalue weighted by Crippen LogP contribution is -2.49. The van der Waals surface area contributed by atoms with E-state index in [4.69, 9.17) is 37.4 Å². The predicted octanol–water partition coefficient (Wildman–Crippen LogP) is 7.02. The first kappa shape index (κ1) is 38.9. The number of methoxy groups -OCH3 is 1. The number of nitrogens with one attached hydrogen (secondary N) is 1. The highest BCUT2D eigenvalue weighted by atomic mass is 35.5. The third-order valence-corrected chi connectivity index (χ3v) is 9.85. The van der Waals surface area contributed by atoms with E-state index in [1.54, 1.807) is 23.0 Å². The number of halogens is 2. The molecule has 276 valence electrons. The molecule has 0 spiro atoms. The van der Waals surface area contributed by atoms with Crippen LogP contribution >= 0.6 is 23.2 Å². The van der Waals surface area contributed by atoms with Crippen LogP contribution in [0.15, 0.2) is 60.7 Å². The molecule has 3 aromatic rings. The molecular formula is C40H52Cl2N4O5. The molecule has 11 heteroatoms. The second-order valence-corrected chi connectivity index (χ2v) is 15.5. The van der Waals surface area contributed by atoms with Crippen molar-refractivity contribution in [2.24, 2.45) is 5.41 Å². The Morgan fingerprint density at radius 1 is 1.00 bits per heavy atom. The summed E-state index contributed by atoms with van der Waals surface area (Å²) >= 11 is 12.9. The smallest absolute Gasteiger partial charge is 0.256 e. The van der Waals surface area contributed by atoms with Gasteiger partial charge in [-0.05, 0) is 74.2 Å². The second kappa shape index (κ2) is 17.9. The quantitative estimate of drug-likeness (QED) is 0.178. The van der Waals surface area contributed by atoms with Gasteiger partial charge in [0.1, 0.15) is 12.2 Å². The summed E-state index contributed by atoms with van der Waals surface area (Å²) in [5.74, 6) is 0.748. The summed E-state index contributed by atoms with van der Waals surface area (Å²) in [4.78, 5) is 33.8. The normalized spacial score (nSPS) is 18.1. The number of para-hydroxylation sites is 1. The number of aryl methyl sites for hydroxylation is 1. The summed E-state index contributed by atoms with van der Waals surface area (Å²) in [6.07, 6.45) is 0.932. The molecule has 9 nitrogen and oxygen atoms in total. The van der Waals surface area contributed by atoms with Gasteiger partial charge in [0, 0.05) is 66.1 Å². The van der Waals surface area contributed by atoms with Crippen LogP contribution in [-0.2, 0) is 20.7 Å². The molecule has 1 saturated heterocycles. The molecule has 51 heavy (non-hydrogen) atoms. The number of amides is 2. The van der Waals surface area contributed by atoms with Gasteiger partial charge in [-0.25, -0.2) is 0 Å². The lowest BCUT2D eigenvalue weighted by molar-refractivity contribution is -0.143. The van der Waals surface area contributed by atoms with Crippen LogP contribution in [0.3, 0.4) is 0 Å². The summed E-state index contributed by atoms with van der Waals surface area (Å²) in [5.41, 5.74) is 3.07. The maximum atomic E-state index is 14.4. The van der Waals surface area contributed by atoms with E-state index in [1.807, 2.05) is 48.5 Å². The third-order valence-electron chi connectivity index (χ3n) is 9.25. The van der Waals surface area contributed by atoms with Crippen LogP contribution in [-0.4, -0.2) is 94.3 Å². The Morgan fingerprint density at radius 2 is 1.75 bits per heavy atom. The highest BCUT2D eigenvalue weighted by molar-refractivity contribution is 6.31. The fourth-order valence-electron chi connectivity index (χ4n) is 6.73. The number of nitrogens with zero attached hydrogens (tertiary/aromatic N) is 3. The van der Waals surface area contributed by atoms with Gasteiger partial charge in [0.25, 0.3) is 5.91 Å². The average Bonchev–Trinajstić information content (AvgIpc) is 3.20. The van der Waals surface area contributed by atoms with Crippen LogP contribution < -0.4 is 19.7 Å². The van der Waals surface area contributed by atoms with E-state index in [-0.39, 0.29) is 23.7 Å². The number of carbonyl (C=O) groups is 2. The summed E-state index contributed by atoms with van der Waals surface area (Å²) in [5, 5.41) is 4.62. The molecule has 0 aromatic heterocycles. The van der Waals surface area contributed by atoms with Gasteiger partial charge in [0.15, 0.2) is 11.5 Å². The van der Waals surface area contributed by atoms with Gasteiger partial charge in [-0.1, -0.05) is 74.3 Å². The highest BCUT2D eigenvalue weighted by Crippen LogP contribution is 2.46. The van der Waals surface area contributed by atoms with Crippen molar-refractivity contribution < 1.29 is 23.8 Å². The van der Waals surface area contributed by atoms with Gasteiger partial charge in [0.05, 0.1) is 20.1 Å². The zero-order valence-corrected chi connectivity index (χ0v) is 32.1. The summed E-state index contributed by atoms with van der Waals surface area (Å²) in [6.45, 7) is 11.6. The van der Waals surface area contributed by atoms with Crippen LogP contribution in [0, 0.1) is 5.41 Å². The third kappa shape index (κ3) is 10.4. The van der Waals surface area contributed by atoms with Crippen LogP contribution in [0.25, 0.3) is 0 Å². The van der Waals surface area contributed by atoms with Gasteiger partial charge >= 0.3 is 0 Å². The van der Waals surface area contributed by atoms with Crippen LogP contribution in [0.2, 0.25) is 10.0 Å². The van der Waals surface area contributed by atoms with Gasteiger partial charge < -0.3 is 34.2 Å². The molecular weight excluding hydrogens is 687 g/mol. The van der Waals surface area contributed by atoms with Crippen molar-refractivity contribution in [3.8, 4) is 11.5 Å². The Kier molecular flexibility index (Phi) is 13.7. The largest absolute Gasteiger partial charge is 0.492 e. The number of piperazine rings is 1. The topological polar surface area (TPSA) is 83.6 Å². The molecule has 3 aromatic carbocycles. The number of carbonyl (C=O) groups excluding carboxylic acids is 2. The molecule has 0 radical (unpaired) electrons. The van der Waals surface area contributed by atoms with Gasteiger partial charge in [-0.15, -0.1) is 0 Å². The lowest BCUT2D eigenvalue weighted by atomic mass is 9.94. The molecule has 0 aliphatic carbocycles. The van der Waals surface area contributed by atoms with Crippen molar-refractivity contribution in [3.05, 3.63) is 87.4 Å². The summed E-state index contributed by atoms with van der Waals surface area (Å²) < 4.78 is 19.1. The molecule has 2 heterocycles. The molecule has 5 rings (SSSR count). The monoisotopic (exact) mass is 738 g/mol. The number of benzene rings is 3. The van der Waals surface area contributed by atoms with Crippen molar-refractivity contribution in [1.29, 1.82) is 0 Å². The van der Waals surface area contributed by atoms with E-state index >= 15 is 0 Å². The Hall–Kier alpha value is -3.34. The molecule has 1 fully saturated rings. The number of anilines is 1. The van der Waals surface area contributed by atoms with E-state index in [1.165, 1.54) is 5.56 Å². The first-order valence-electron chi connectivity index (χ1n) is 17.9. The predicted molar refractivity (Wildman–Crippen MR) is 204 cm³/mol. The van der Waals surface area contributed by atoms with Crippen molar-refractivity contribution in [3.63, 3.8) is 0 Å².